The minimum Gasteiger partial charge on any atom is -0.328 e. The quantitative estimate of drug-likeness (QED) is 0.681. The SMILES string of the molecule is CS(=O)(=O)c1ccc(C2CCC(N)CC2)c(-c2nn[nH]n2)c1S(N)=O. The van der Waals surface area contributed by atoms with Gasteiger partial charge in [-0.05, 0) is 48.4 Å². The van der Waals surface area contributed by atoms with Crippen LogP contribution in [-0.2, 0) is 20.8 Å². The summed E-state index contributed by atoms with van der Waals surface area (Å²) in [5.41, 5.74) is 7.19. The van der Waals surface area contributed by atoms with Gasteiger partial charge < -0.3 is 5.73 Å². The van der Waals surface area contributed by atoms with E-state index in [1.165, 1.54) is 6.07 Å². The van der Waals surface area contributed by atoms with Crippen molar-refractivity contribution < 1.29 is 12.6 Å². The highest BCUT2D eigenvalue weighted by Crippen LogP contribution is 2.41. The van der Waals surface area contributed by atoms with Gasteiger partial charge in [0.15, 0.2) is 9.84 Å². The molecule has 0 bridgehead atoms. The van der Waals surface area contributed by atoms with E-state index in [1.807, 2.05) is 0 Å². The Bertz CT molecular complexity index is 890. The molecule has 0 radical (unpaired) electrons. The van der Waals surface area contributed by atoms with Gasteiger partial charge in [0.05, 0.1) is 9.79 Å². The number of benzene rings is 1. The lowest BCUT2D eigenvalue weighted by Crippen LogP contribution is -2.26. The van der Waals surface area contributed by atoms with Gasteiger partial charge in [-0.2, -0.15) is 5.21 Å². The van der Waals surface area contributed by atoms with Crippen LogP contribution >= 0.6 is 0 Å². The molecule has 25 heavy (non-hydrogen) atoms. The Kier molecular flexibility index (Phi) is 5.00. The highest BCUT2D eigenvalue weighted by Gasteiger charge is 2.30. The lowest BCUT2D eigenvalue weighted by molar-refractivity contribution is 0.395. The van der Waals surface area contributed by atoms with E-state index < -0.39 is 20.8 Å². The average molecular weight is 384 g/mol. The minimum absolute atomic E-state index is 0.0243. The first-order valence-electron chi connectivity index (χ1n) is 7.81. The largest absolute Gasteiger partial charge is 0.328 e. The van der Waals surface area contributed by atoms with E-state index in [1.54, 1.807) is 6.07 Å². The zero-order chi connectivity index (χ0) is 18.2. The number of nitrogens with two attached hydrogens (primary N) is 2. The van der Waals surface area contributed by atoms with Crippen molar-refractivity contribution in [3.05, 3.63) is 17.7 Å². The van der Waals surface area contributed by atoms with Crippen molar-refractivity contribution in [2.24, 2.45) is 10.9 Å². The monoisotopic (exact) mass is 384 g/mol. The summed E-state index contributed by atoms with van der Waals surface area (Å²) in [6, 6.07) is 3.37. The fraction of sp³-hybridized carbons (Fsp3) is 0.500. The molecular weight excluding hydrogens is 364 g/mol. The van der Waals surface area contributed by atoms with Gasteiger partial charge in [-0.25, -0.2) is 17.8 Å². The van der Waals surface area contributed by atoms with Crippen LogP contribution in [0.4, 0.5) is 0 Å². The maximum atomic E-state index is 12.2. The predicted octanol–water partition coefficient (Wildman–Crippen LogP) is 0.236. The van der Waals surface area contributed by atoms with E-state index in [4.69, 9.17) is 10.9 Å². The molecule has 0 spiro atoms. The smallest absolute Gasteiger partial charge is 0.206 e. The summed E-state index contributed by atoms with van der Waals surface area (Å²) in [6.07, 6.45) is 4.48. The van der Waals surface area contributed by atoms with Crippen LogP contribution in [-0.4, -0.2) is 45.5 Å². The number of rotatable bonds is 4. The van der Waals surface area contributed by atoms with Gasteiger partial charge in [-0.1, -0.05) is 6.07 Å². The molecule has 1 aromatic heterocycles. The van der Waals surface area contributed by atoms with Crippen LogP contribution in [0.3, 0.4) is 0 Å². The normalized spacial score (nSPS) is 22.7. The minimum atomic E-state index is -3.63. The van der Waals surface area contributed by atoms with E-state index in [0.717, 1.165) is 37.5 Å². The van der Waals surface area contributed by atoms with Crippen molar-refractivity contribution in [1.82, 2.24) is 20.6 Å². The Morgan fingerprint density at radius 2 is 1.92 bits per heavy atom. The van der Waals surface area contributed by atoms with Crippen LogP contribution in [0.1, 0.15) is 37.2 Å². The van der Waals surface area contributed by atoms with Gasteiger partial charge in [0, 0.05) is 17.9 Å². The Hall–Kier alpha value is -1.69. The lowest BCUT2D eigenvalue weighted by atomic mass is 9.80. The Labute approximate surface area is 148 Å². The molecule has 5 N–H and O–H groups in total. The Balaban J connectivity index is 2.26. The Morgan fingerprint density at radius 1 is 1.24 bits per heavy atom. The molecule has 1 saturated carbocycles. The molecule has 1 heterocycles. The van der Waals surface area contributed by atoms with Crippen molar-refractivity contribution in [2.45, 2.75) is 47.4 Å². The number of nitrogens with one attached hydrogen (secondary N) is 1. The topological polar surface area (TPSA) is 158 Å². The van der Waals surface area contributed by atoms with Crippen molar-refractivity contribution >= 4 is 20.8 Å². The van der Waals surface area contributed by atoms with Gasteiger partial charge in [0.25, 0.3) is 0 Å². The number of hydrogen-bond acceptors (Lipinski definition) is 7. The van der Waals surface area contributed by atoms with Crippen LogP contribution in [0, 0.1) is 0 Å². The first-order valence-corrected chi connectivity index (χ1v) is 10.9. The van der Waals surface area contributed by atoms with Gasteiger partial charge in [0.2, 0.25) is 5.82 Å². The van der Waals surface area contributed by atoms with E-state index in [9.17, 15) is 12.6 Å². The number of H-pyrrole nitrogens is 1. The maximum absolute atomic E-state index is 12.2. The molecular formula is C14H20N6O3S2. The third-order valence-electron chi connectivity index (χ3n) is 4.54. The summed E-state index contributed by atoms with van der Waals surface area (Å²) < 4.78 is 36.5. The van der Waals surface area contributed by atoms with E-state index in [0.29, 0.717) is 5.56 Å². The average Bonchev–Trinajstić information content (AvgIpc) is 3.07. The van der Waals surface area contributed by atoms with Crippen molar-refractivity contribution in [3.63, 3.8) is 0 Å². The van der Waals surface area contributed by atoms with Crippen LogP contribution in [0.25, 0.3) is 11.4 Å². The van der Waals surface area contributed by atoms with Gasteiger partial charge in [-0.3, -0.25) is 0 Å². The second kappa shape index (κ2) is 6.90. The van der Waals surface area contributed by atoms with E-state index >= 15 is 0 Å². The fourth-order valence-electron chi connectivity index (χ4n) is 3.34. The standard InChI is InChI=1S/C14H20N6O3S2/c1-25(22,23)11-7-6-10(8-2-4-9(15)5-3-8)12(13(11)24(16)21)14-17-19-20-18-14/h6-9H,2-5,15-16H2,1H3,(H,17,18,19,20). The van der Waals surface area contributed by atoms with Crippen molar-refractivity contribution in [3.8, 4) is 11.4 Å². The summed E-state index contributed by atoms with van der Waals surface area (Å²) in [6.45, 7) is 0. The summed E-state index contributed by atoms with van der Waals surface area (Å²) in [4.78, 5) is -0.0549. The van der Waals surface area contributed by atoms with Gasteiger partial charge >= 0.3 is 0 Å². The van der Waals surface area contributed by atoms with Gasteiger partial charge in [-0.15, -0.1) is 10.2 Å². The number of aromatic amines is 1. The number of aromatic nitrogens is 4. The van der Waals surface area contributed by atoms with Gasteiger partial charge in [0.1, 0.15) is 11.0 Å². The summed E-state index contributed by atoms with van der Waals surface area (Å²) in [5.74, 6) is 0.327. The number of nitrogens with zero attached hydrogens (tertiary/aromatic N) is 3. The van der Waals surface area contributed by atoms with Crippen LogP contribution in [0.15, 0.2) is 21.9 Å². The second-order valence-corrected chi connectivity index (χ2v) is 9.26. The second-order valence-electron chi connectivity index (χ2n) is 6.27. The van der Waals surface area contributed by atoms with Crippen LogP contribution in [0.5, 0.6) is 0 Å². The first-order chi connectivity index (χ1) is 11.8. The molecule has 9 nitrogen and oxygen atoms in total. The highest BCUT2D eigenvalue weighted by molar-refractivity contribution is 7.91. The third kappa shape index (κ3) is 3.64. The zero-order valence-corrected chi connectivity index (χ0v) is 15.3. The molecule has 1 aromatic carbocycles. The molecule has 0 saturated heterocycles. The maximum Gasteiger partial charge on any atom is 0.206 e. The van der Waals surface area contributed by atoms with Crippen LogP contribution in [0.2, 0.25) is 0 Å². The summed E-state index contributed by atoms with van der Waals surface area (Å²) in [5, 5.41) is 19.5. The van der Waals surface area contributed by atoms with E-state index in [-0.39, 0.29) is 27.6 Å². The molecule has 1 atom stereocenters. The lowest BCUT2D eigenvalue weighted by Gasteiger charge is -2.28. The molecule has 1 fully saturated rings. The van der Waals surface area contributed by atoms with Crippen LogP contribution < -0.4 is 10.9 Å². The van der Waals surface area contributed by atoms with Crippen molar-refractivity contribution in [1.29, 1.82) is 0 Å². The molecule has 1 aliphatic rings. The summed E-state index contributed by atoms with van der Waals surface area (Å²) >= 11 is 0. The molecule has 1 unspecified atom stereocenters. The molecule has 3 rings (SSSR count). The first kappa shape index (κ1) is 18.1. The van der Waals surface area contributed by atoms with Crippen molar-refractivity contribution in [2.75, 3.05) is 6.26 Å². The molecule has 11 heteroatoms. The molecule has 136 valence electrons. The molecule has 2 aromatic rings. The highest BCUT2D eigenvalue weighted by atomic mass is 32.2. The summed E-state index contributed by atoms with van der Waals surface area (Å²) in [7, 11) is -5.66. The third-order valence-corrected chi connectivity index (χ3v) is 6.63. The number of hydrogen-bond donors (Lipinski definition) is 3. The Morgan fingerprint density at radius 3 is 2.44 bits per heavy atom. The fourth-order valence-corrected chi connectivity index (χ4v) is 5.47. The molecule has 0 amide bonds. The number of sulfone groups is 1. The zero-order valence-electron chi connectivity index (χ0n) is 13.7. The van der Waals surface area contributed by atoms with E-state index in [2.05, 4.69) is 20.6 Å². The molecule has 1 aliphatic carbocycles. The molecule has 0 aliphatic heterocycles. The number of tetrazole rings is 1. The predicted molar refractivity (Wildman–Crippen MR) is 92.5 cm³/mol.